The van der Waals surface area contributed by atoms with E-state index in [1.165, 1.54) is 12.1 Å². The lowest BCUT2D eigenvalue weighted by molar-refractivity contribution is -0.137. The van der Waals surface area contributed by atoms with Gasteiger partial charge in [-0.1, -0.05) is 36.8 Å². The molecule has 0 saturated carbocycles. The average Bonchev–Trinajstić information content (AvgIpc) is 2.97. The molecule has 0 aliphatic carbocycles. The molecule has 1 fully saturated rings. The summed E-state index contributed by atoms with van der Waals surface area (Å²) in [4.78, 5) is 12.6. The third-order valence-electron chi connectivity index (χ3n) is 6.57. The van der Waals surface area contributed by atoms with Gasteiger partial charge in [-0.3, -0.25) is 4.79 Å². The van der Waals surface area contributed by atoms with Gasteiger partial charge in [-0.2, -0.15) is 13.2 Å². The van der Waals surface area contributed by atoms with Crippen LogP contribution in [0.1, 0.15) is 74.1 Å². The van der Waals surface area contributed by atoms with E-state index in [9.17, 15) is 18.0 Å². The van der Waals surface area contributed by atoms with Crippen LogP contribution in [0.5, 0.6) is 0 Å². The molecule has 3 rings (SSSR count). The third-order valence-corrected chi connectivity index (χ3v) is 6.57. The maximum Gasteiger partial charge on any atom is 0.495 e. The smallest absolute Gasteiger partial charge is 0.399 e. The normalized spacial score (nSPS) is 21.5. The molecule has 2 aromatic rings. The van der Waals surface area contributed by atoms with Crippen LogP contribution in [0.4, 0.5) is 13.2 Å². The number of halogens is 3. The molecule has 172 valence electrons. The zero-order valence-corrected chi connectivity index (χ0v) is 19.3. The first-order valence-corrected chi connectivity index (χ1v) is 10.7. The second kappa shape index (κ2) is 8.56. The Morgan fingerprint density at radius 3 is 2.41 bits per heavy atom. The van der Waals surface area contributed by atoms with Crippen LogP contribution in [0.15, 0.2) is 42.5 Å². The highest BCUT2D eigenvalue weighted by molar-refractivity contribution is 6.62. The lowest BCUT2D eigenvalue weighted by Crippen LogP contribution is -2.44. The predicted octanol–water partition coefficient (Wildman–Crippen LogP) is 5.19. The molecule has 1 aliphatic heterocycles. The highest BCUT2D eigenvalue weighted by Gasteiger charge is 2.53. The molecule has 4 nitrogen and oxygen atoms in total. The van der Waals surface area contributed by atoms with Crippen molar-refractivity contribution in [2.75, 3.05) is 0 Å². The van der Waals surface area contributed by atoms with Crippen molar-refractivity contribution in [3.8, 4) is 0 Å². The number of hydrogen-bond acceptors (Lipinski definition) is 3. The minimum atomic E-state index is -4.50. The first kappa shape index (κ1) is 24.3. The minimum absolute atomic E-state index is 0.0399. The van der Waals surface area contributed by atoms with Gasteiger partial charge in [-0.05, 0) is 70.3 Å². The minimum Gasteiger partial charge on any atom is -0.399 e. The van der Waals surface area contributed by atoms with Crippen molar-refractivity contribution in [1.82, 2.24) is 5.32 Å². The van der Waals surface area contributed by atoms with Gasteiger partial charge in [0.05, 0.1) is 22.8 Å². The summed E-state index contributed by atoms with van der Waals surface area (Å²) >= 11 is 0. The Bertz CT molecular complexity index is 1010. The van der Waals surface area contributed by atoms with Crippen LogP contribution in [-0.2, 0) is 15.5 Å². The summed E-state index contributed by atoms with van der Waals surface area (Å²) in [5, 5.41) is 2.78. The van der Waals surface area contributed by atoms with Crippen molar-refractivity contribution in [3.63, 3.8) is 0 Å². The first-order chi connectivity index (χ1) is 14.8. The third kappa shape index (κ3) is 4.71. The molecule has 1 amide bonds. The largest absolute Gasteiger partial charge is 0.495 e. The number of carbonyl (C=O) groups is 1. The molecule has 1 unspecified atom stereocenters. The highest BCUT2D eigenvalue weighted by atomic mass is 19.4. The molecule has 0 aromatic heterocycles. The summed E-state index contributed by atoms with van der Waals surface area (Å²) in [7, 11) is -0.540. The number of benzene rings is 2. The van der Waals surface area contributed by atoms with Gasteiger partial charge in [0.15, 0.2) is 0 Å². The van der Waals surface area contributed by atoms with E-state index in [0.717, 1.165) is 35.1 Å². The molecule has 0 bridgehead atoms. The monoisotopic (exact) mass is 447 g/mol. The van der Waals surface area contributed by atoms with Crippen LogP contribution in [0.25, 0.3) is 0 Å². The standard InChI is InChI=1S/C24H29BF3NO3/c1-7-23(6)22(4,5)31-25(32-23)20-14-17(12-11-15(20)2)16(3)29-21(30)18-9-8-10-19(13-18)24(26,27)28/h8-14,16H,7H2,1-6H3,(H,29,30)/t16-,23?/m1/s1. The van der Waals surface area contributed by atoms with E-state index in [1.54, 1.807) is 6.92 Å². The Balaban J connectivity index is 1.80. The zero-order chi connectivity index (χ0) is 23.9. The predicted molar refractivity (Wildman–Crippen MR) is 119 cm³/mol. The Hall–Kier alpha value is -2.32. The second-order valence-corrected chi connectivity index (χ2v) is 9.05. The van der Waals surface area contributed by atoms with Crippen LogP contribution in [0.3, 0.4) is 0 Å². The van der Waals surface area contributed by atoms with Gasteiger partial charge < -0.3 is 14.6 Å². The number of aryl methyl sites for hydroxylation is 1. The van der Waals surface area contributed by atoms with Crippen molar-refractivity contribution in [2.45, 2.75) is 71.4 Å². The first-order valence-electron chi connectivity index (χ1n) is 10.7. The summed E-state index contributed by atoms with van der Waals surface area (Å²) in [6, 6.07) is 9.71. The van der Waals surface area contributed by atoms with E-state index >= 15 is 0 Å². The lowest BCUT2D eigenvalue weighted by Gasteiger charge is -2.35. The fourth-order valence-electron chi connectivity index (χ4n) is 3.81. The zero-order valence-electron chi connectivity index (χ0n) is 19.3. The average molecular weight is 447 g/mol. The van der Waals surface area contributed by atoms with Crippen molar-refractivity contribution in [1.29, 1.82) is 0 Å². The van der Waals surface area contributed by atoms with Gasteiger partial charge in [0, 0.05) is 5.56 Å². The van der Waals surface area contributed by atoms with Gasteiger partial charge in [0.2, 0.25) is 0 Å². The van der Waals surface area contributed by atoms with Crippen LogP contribution >= 0.6 is 0 Å². The number of hydrogen-bond donors (Lipinski definition) is 1. The summed E-state index contributed by atoms with van der Waals surface area (Å²) in [5.74, 6) is -0.571. The highest BCUT2D eigenvalue weighted by Crippen LogP contribution is 2.39. The van der Waals surface area contributed by atoms with Crippen LogP contribution in [0.2, 0.25) is 0 Å². The molecule has 1 saturated heterocycles. The molecule has 32 heavy (non-hydrogen) atoms. The molecule has 8 heteroatoms. The summed E-state index contributed by atoms with van der Waals surface area (Å²) < 4.78 is 51.4. The molecule has 2 aromatic carbocycles. The maximum atomic E-state index is 13.0. The summed E-state index contributed by atoms with van der Waals surface area (Å²) in [6.45, 7) is 11.9. The Morgan fingerprint density at radius 1 is 1.12 bits per heavy atom. The van der Waals surface area contributed by atoms with Crippen molar-refractivity contribution < 1.29 is 27.3 Å². The Kier molecular flexibility index (Phi) is 6.51. The molecule has 1 N–H and O–H groups in total. The molecule has 1 aliphatic rings. The van der Waals surface area contributed by atoms with Crippen LogP contribution in [0, 0.1) is 6.92 Å². The number of carbonyl (C=O) groups excluding carboxylic acids is 1. The summed E-state index contributed by atoms with van der Waals surface area (Å²) in [6.07, 6.45) is -3.71. The fourth-order valence-corrected chi connectivity index (χ4v) is 3.81. The second-order valence-electron chi connectivity index (χ2n) is 9.05. The Morgan fingerprint density at radius 2 is 1.81 bits per heavy atom. The van der Waals surface area contributed by atoms with E-state index in [-0.39, 0.29) is 5.56 Å². The van der Waals surface area contributed by atoms with Crippen molar-refractivity contribution in [3.05, 3.63) is 64.7 Å². The van der Waals surface area contributed by atoms with Gasteiger partial charge in [-0.15, -0.1) is 0 Å². The SMILES string of the molecule is CCC1(C)OB(c2cc([C@@H](C)NC(=O)c3cccc(C(F)(F)F)c3)ccc2C)OC1(C)C. The van der Waals surface area contributed by atoms with Crippen LogP contribution in [-0.4, -0.2) is 24.2 Å². The molecule has 0 spiro atoms. The number of rotatable bonds is 5. The molecular formula is C24H29BF3NO3. The maximum absolute atomic E-state index is 13.0. The van der Waals surface area contributed by atoms with Gasteiger partial charge in [-0.25, -0.2) is 0 Å². The molecule has 0 radical (unpaired) electrons. The van der Waals surface area contributed by atoms with E-state index in [1.807, 2.05) is 45.9 Å². The molecule has 1 heterocycles. The van der Waals surface area contributed by atoms with Crippen molar-refractivity contribution in [2.24, 2.45) is 0 Å². The van der Waals surface area contributed by atoms with Crippen LogP contribution < -0.4 is 10.8 Å². The van der Waals surface area contributed by atoms with Crippen molar-refractivity contribution >= 4 is 18.5 Å². The number of alkyl halides is 3. The molecule has 2 atom stereocenters. The summed E-state index contributed by atoms with van der Waals surface area (Å²) in [5.41, 5.74) is 0.858. The topological polar surface area (TPSA) is 47.6 Å². The van der Waals surface area contributed by atoms with E-state index < -0.39 is 42.0 Å². The van der Waals surface area contributed by atoms with Gasteiger partial charge in [0.1, 0.15) is 0 Å². The molecular weight excluding hydrogens is 418 g/mol. The fraction of sp³-hybridized carbons (Fsp3) is 0.458. The van der Waals surface area contributed by atoms with E-state index in [2.05, 4.69) is 12.2 Å². The Labute approximate surface area is 187 Å². The lowest BCUT2D eigenvalue weighted by atomic mass is 9.75. The van der Waals surface area contributed by atoms with E-state index in [0.29, 0.717) is 0 Å². The number of amides is 1. The quantitative estimate of drug-likeness (QED) is 0.642. The van der Waals surface area contributed by atoms with E-state index in [4.69, 9.17) is 9.31 Å². The van der Waals surface area contributed by atoms with Gasteiger partial charge >= 0.3 is 13.3 Å². The van der Waals surface area contributed by atoms with Gasteiger partial charge in [0.25, 0.3) is 5.91 Å². The number of nitrogens with one attached hydrogen (secondary N) is 1.